The van der Waals surface area contributed by atoms with E-state index in [-0.39, 0.29) is 0 Å². The van der Waals surface area contributed by atoms with E-state index in [1.807, 2.05) is 6.20 Å². The molecule has 2 heterocycles. The average Bonchev–Trinajstić information content (AvgIpc) is 2.92. The van der Waals surface area contributed by atoms with Crippen molar-refractivity contribution in [2.75, 3.05) is 16.8 Å². The largest absolute Gasteiger partial charge is 0.352 e. The zero-order chi connectivity index (χ0) is 13.1. The molecule has 0 spiro atoms. The summed E-state index contributed by atoms with van der Waals surface area (Å²) in [6.45, 7) is 1.11. The molecule has 2 aromatic rings. The summed E-state index contributed by atoms with van der Waals surface area (Å²) < 4.78 is 0. The Morgan fingerprint density at radius 1 is 1.32 bits per heavy atom. The van der Waals surface area contributed by atoms with E-state index in [1.54, 1.807) is 0 Å². The molecule has 1 fully saturated rings. The molecule has 4 heteroatoms. The zero-order valence-corrected chi connectivity index (χ0v) is 12.5. The Morgan fingerprint density at radius 3 is 3.11 bits per heavy atom. The Labute approximate surface area is 122 Å². The van der Waals surface area contributed by atoms with Gasteiger partial charge in [-0.1, -0.05) is 40.2 Å². The third-order valence-electron chi connectivity index (χ3n) is 3.87. The van der Waals surface area contributed by atoms with Gasteiger partial charge in [-0.3, -0.25) is 0 Å². The number of benzene rings is 1. The second-order valence-electron chi connectivity index (χ2n) is 5.08. The molecular formula is C15H18BrN3. The van der Waals surface area contributed by atoms with Gasteiger partial charge < -0.3 is 4.90 Å². The van der Waals surface area contributed by atoms with Crippen LogP contribution in [0.3, 0.4) is 0 Å². The number of fused-ring (bicyclic) bond motifs is 1. The van der Waals surface area contributed by atoms with Gasteiger partial charge in [0, 0.05) is 28.7 Å². The third kappa shape index (κ3) is 2.59. The lowest BCUT2D eigenvalue weighted by molar-refractivity contribution is 0.600. The molecule has 0 N–H and O–H groups in total. The van der Waals surface area contributed by atoms with Crippen LogP contribution in [0.15, 0.2) is 30.5 Å². The predicted octanol–water partition coefficient (Wildman–Crippen LogP) is 3.77. The van der Waals surface area contributed by atoms with Crippen LogP contribution in [0, 0.1) is 0 Å². The van der Waals surface area contributed by atoms with Crippen molar-refractivity contribution in [2.24, 2.45) is 0 Å². The molecule has 0 aliphatic carbocycles. The van der Waals surface area contributed by atoms with Crippen LogP contribution in [-0.4, -0.2) is 28.1 Å². The lowest BCUT2D eigenvalue weighted by Gasteiger charge is -2.26. The monoisotopic (exact) mass is 319 g/mol. The smallest absolute Gasteiger partial charge is 0.159 e. The molecule has 1 aromatic carbocycles. The van der Waals surface area contributed by atoms with Gasteiger partial charge in [0.25, 0.3) is 0 Å². The zero-order valence-electron chi connectivity index (χ0n) is 10.9. The predicted molar refractivity (Wildman–Crippen MR) is 82.9 cm³/mol. The number of alkyl halides is 1. The number of aromatic nitrogens is 2. The Morgan fingerprint density at radius 2 is 2.21 bits per heavy atom. The molecule has 1 saturated heterocycles. The maximum Gasteiger partial charge on any atom is 0.159 e. The first kappa shape index (κ1) is 12.9. The number of nitrogens with zero attached hydrogens (tertiary/aromatic N) is 3. The first-order valence-corrected chi connectivity index (χ1v) is 8.05. The normalized spacial score (nSPS) is 19.2. The van der Waals surface area contributed by atoms with Gasteiger partial charge in [0.2, 0.25) is 0 Å². The molecule has 3 nitrogen and oxygen atoms in total. The number of hydrogen-bond donors (Lipinski definition) is 0. The van der Waals surface area contributed by atoms with Crippen molar-refractivity contribution in [3.8, 4) is 0 Å². The van der Waals surface area contributed by atoms with Gasteiger partial charge in [-0.25, -0.2) is 0 Å². The van der Waals surface area contributed by atoms with E-state index in [0.717, 1.165) is 17.7 Å². The quantitative estimate of drug-likeness (QED) is 0.803. The second-order valence-corrected chi connectivity index (χ2v) is 5.87. The second kappa shape index (κ2) is 5.87. The Kier molecular flexibility index (Phi) is 3.97. The molecule has 1 aromatic heterocycles. The van der Waals surface area contributed by atoms with Gasteiger partial charge in [-0.05, 0) is 25.7 Å². The summed E-state index contributed by atoms with van der Waals surface area (Å²) in [4.78, 5) is 2.46. The van der Waals surface area contributed by atoms with Crippen LogP contribution in [0.5, 0.6) is 0 Å². The SMILES string of the molecule is BrCCCC1CCCN1c1nncc2ccccc12. The summed E-state index contributed by atoms with van der Waals surface area (Å²) in [7, 11) is 0. The van der Waals surface area contributed by atoms with Crippen LogP contribution in [0.25, 0.3) is 10.8 Å². The van der Waals surface area contributed by atoms with Crippen molar-refractivity contribution >= 4 is 32.5 Å². The highest BCUT2D eigenvalue weighted by molar-refractivity contribution is 9.09. The summed E-state index contributed by atoms with van der Waals surface area (Å²) in [5.74, 6) is 1.06. The molecule has 1 aliphatic heterocycles. The molecule has 3 rings (SSSR count). The molecule has 0 radical (unpaired) electrons. The first-order valence-electron chi connectivity index (χ1n) is 6.93. The molecule has 100 valence electrons. The fraction of sp³-hybridized carbons (Fsp3) is 0.467. The van der Waals surface area contributed by atoms with Crippen molar-refractivity contribution in [1.29, 1.82) is 0 Å². The minimum absolute atomic E-state index is 0.623. The lowest BCUT2D eigenvalue weighted by atomic mass is 10.1. The highest BCUT2D eigenvalue weighted by atomic mass is 79.9. The van der Waals surface area contributed by atoms with Crippen LogP contribution >= 0.6 is 15.9 Å². The fourth-order valence-corrected chi connectivity index (χ4v) is 3.28. The summed E-state index contributed by atoms with van der Waals surface area (Å²) in [5, 5.41) is 12.1. The molecule has 19 heavy (non-hydrogen) atoms. The minimum Gasteiger partial charge on any atom is -0.352 e. The van der Waals surface area contributed by atoms with Crippen molar-refractivity contribution in [2.45, 2.75) is 31.7 Å². The van der Waals surface area contributed by atoms with E-state index in [0.29, 0.717) is 6.04 Å². The molecule has 0 amide bonds. The Balaban J connectivity index is 1.94. The van der Waals surface area contributed by atoms with Crippen LogP contribution in [0.1, 0.15) is 25.7 Å². The maximum absolute atomic E-state index is 4.41. The molecule has 1 atom stereocenters. The van der Waals surface area contributed by atoms with Gasteiger partial charge in [0.1, 0.15) is 0 Å². The summed E-state index contributed by atoms with van der Waals surface area (Å²) >= 11 is 3.53. The fourth-order valence-electron chi connectivity index (χ4n) is 2.95. The van der Waals surface area contributed by atoms with E-state index in [2.05, 4.69) is 55.3 Å². The van der Waals surface area contributed by atoms with Crippen molar-refractivity contribution in [3.05, 3.63) is 30.5 Å². The van der Waals surface area contributed by atoms with Gasteiger partial charge in [-0.15, -0.1) is 5.10 Å². The maximum atomic E-state index is 4.41. The van der Waals surface area contributed by atoms with Gasteiger partial charge in [0.15, 0.2) is 5.82 Å². The van der Waals surface area contributed by atoms with E-state index >= 15 is 0 Å². The van der Waals surface area contributed by atoms with E-state index in [9.17, 15) is 0 Å². The van der Waals surface area contributed by atoms with Crippen LogP contribution in [-0.2, 0) is 0 Å². The standard InChI is InChI=1S/C15H18BrN3/c16-9-3-6-13-7-4-10-19(13)15-14-8-2-1-5-12(14)11-17-18-15/h1-2,5,8,11,13H,3-4,6-7,9-10H2. The van der Waals surface area contributed by atoms with Crippen molar-refractivity contribution < 1.29 is 0 Å². The number of rotatable bonds is 4. The topological polar surface area (TPSA) is 29.0 Å². The van der Waals surface area contributed by atoms with Crippen molar-refractivity contribution in [1.82, 2.24) is 10.2 Å². The lowest BCUT2D eigenvalue weighted by Crippen LogP contribution is -2.30. The minimum atomic E-state index is 0.623. The summed E-state index contributed by atoms with van der Waals surface area (Å²) in [6.07, 6.45) is 6.84. The van der Waals surface area contributed by atoms with Crippen LogP contribution in [0.2, 0.25) is 0 Å². The molecule has 1 aliphatic rings. The Bertz CT molecular complexity index is 553. The van der Waals surface area contributed by atoms with Gasteiger partial charge in [-0.2, -0.15) is 5.10 Å². The first-order chi connectivity index (χ1) is 9.40. The molecule has 0 bridgehead atoms. The summed E-state index contributed by atoms with van der Waals surface area (Å²) in [6, 6.07) is 9.02. The van der Waals surface area contributed by atoms with Crippen LogP contribution in [0.4, 0.5) is 5.82 Å². The van der Waals surface area contributed by atoms with Crippen molar-refractivity contribution in [3.63, 3.8) is 0 Å². The molecular weight excluding hydrogens is 302 g/mol. The third-order valence-corrected chi connectivity index (χ3v) is 4.43. The summed E-state index contributed by atoms with van der Waals surface area (Å²) in [5.41, 5.74) is 0. The number of halogens is 1. The highest BCUT2D eigenvalue weighted by Crippen LogP contribution is 2.31. The van der Waals surface area contributed by atoms with E-state index < -0.39 is 0 Å². The molecule has 0 saturated carbocycles. The van der Waals surface area contributed by atoms with Crippen LogP contribution < -0.4 is 4.90 Å². The molecule has 1 unspecified atom stereocenters. The van der Waals surface area contributed by atoms with E-state index in [4.69, 9.17) is 0 Å². The Hall–Kier alpha value is -1.16. The van der Waals surface area contributed by atoms with Gasteiger partial charge in [0.05, 0.1) is 6.20 Å². The van der Waals surface area contributed by atoms with E-state index in [1.165, 1.54) is 36.5 Å². The van der Waals surface area contributed by atoms with Gasteiger partial charge >= 0.3 is 0 Å². The average molecular weight is 320 g/mol. The number of anilines is 1. The number of hydrogen-bond acceptors (Lipinski definition) is 3. The highest BCUT2D eigenvalue weighted by Gasteiger charge is 2.26.